The van der Waals surface area contributed by atoms with Gasteiger partial charge in [-0.25, -0.2) is 0 Å². The van der Waals surface area contributed by atoms with Gasteiger partial charge < -0.3 is 16.0 Å². The molecule has 0 spiro atoms. The van der Waals surface area contributed by atoms with Gasteiger partial charge >= 0.3 is 5.88 Å². The molecule has 4 heteroatoms. The Kier molecular flexibility index (Phi) is 1.37. The first kappa shape index (κ1) is 6.67. The summed E-state index contributed by atoms with van der Waals surface area (Å²) < 4.78 is 0.322. The van der Waals surface area contributed by atoms with E-state index in [0.717, 1.165) is 6.20 Å². The van der Waals surface area contributed by atoms with Crippen molar-refractivity contribution in [3.8, 4) is 5.88 Å². The molecule has 4 nitrogen and oxygen atoms in total. The number of nitrogens with two attached hydrogens (primary N) is 1. The maximum atomic E-state index is 10.6. The van der Waals surface area contributed by atoms with E-state index in [1.54, 1.807) is 6.92 Å². The van der Waals surface area contributed by atoms with Crippen LogP contribution in [0.1, 0.15) is 5.56 Å². The normalized spacial score (nSPS) is 9.70. The highest BCUT2D eigenvalue weighted by Gasteiger charge is 2.04. The number of anilines is 1. The molecule has 0 saturated carbocycles. The second-order valence-corrected chi connectivity index (χ2v) is 2.10. The van der Waals surface area contributed by atoms with Crippen LogP contribution in [-0.4, -0.2) is 5.11 Å². The Bertz CT molecular complexity index is 210. The molecule has 0 unspecified atom stereocenters. The van der Waals surface area contributed by atoms with E-state index < -0.39 is 0 Å². The summed E-state index contributed by atoms with van der Waals surface area (Å²) in [7, 11) is 0. The monoisotopic (exact) mass is 140 g/mol. The van der Waals surface area contributed by atoms with E-state index in [-0.39, 0.29) is 5.88 Å². The van der Waals surface area contributed by atoms with Crippen LogP contribution in [0.15, 0.2) is 12.3 Å². The Balaban J connectivity index is 3.28. The van der Waals surface area contributed by atoms with Crippen LogP contribution in [0.4, 0.5) is 5.69 Å². The van der Waals surface area contributed by atoms with Gasteiger partial charge in [0.15, 0.2) is 0 Å². The fraction of sp³-hybridized carbons (Fsp3) is 0.167. The first-order valence-electron chi connectivity index (χ1n) is 2.79. The molecule has 0 fully saturated rings. The van der Waals surface area contributed by atoms with Gasteiger partial charge in [-0.3, -0.25) is 0 Å². The lowest BCUT2D eigenvalue weighted by Gasteiger charge is -2.00. The average Bonchev–Trinajstić information content (AvgIpc) is 1.84. The molecule has 0 bridgehead atoms. The van der Waals surface area contributed by atoms with E-state index in [9.17, 15) is 5.21 Å². The second-order valence-electron chi connectivity index (χ2n) is 2.10. The Morgan fingerprint density at radius 3 is 2.80 bits per heavy atom. The van der Waals surface area contributed by atoms with Crippen molar-refractivity contribution in [1.82, 2.24) is 0 Å². The number of nitrogens with zero attached hydrogens (tertiary/aromatic N) is 1. The molecule has 1 rings (SSSR count). The van der Waals surface area contributed by atoms with E-state index in [0.29, 0.717) is 16.0 Å². The van der Waals surface area contributed by atoms with Crippen molar-refractivity contribution in [2.24, 2.45) is 0 Å². The highest BCUT2D eigenvalue weighted by atomic mass is 16.5. The molecule has 0 atom stereocenters. The molecule has 1 heterocycles. The Labute approximate surface area is 58.1 Å². The SMILES string of the molecule is Cc1cc(O)[n+]([O-])cc1N. The van der Waals surface area contributed by atoms with Crippen LogP contribution < -0.4 is 10.5 Å². The number of hydrogen-bond acceptors (Lipinski definition) is 3. The number of hydrogen-bond donors (Lipinski definition) is 2. The zero-order valence-electron chi connectivity index (χ0n) is 5.53. The highest BCUT2D eigenvalue weighted by Crippen LogP contribution is 2.10. The molecule has 10 heavy (non-hydrogen) atoms. The quantitative estimate of drug-likeness (QED) is 0.391. The number of aromatic nitrogens is 1. The van der Waals surface area contributed by atoms with Crippen LogP contribution in [0, 0.1) is 12.1 Å². The smallest absolute Gasteiger partial charge is 0.377 e. The Morgan fingerprint density at radius 2 is 2.30 bits per heavy atom. The van der Waals surface area contributed by atoms with Crippen molar-refractivity contribution in [2.75, 3.05) is 5.73 Å². The van der Waals surface area contributed by atoms with Gasteiger partial charge in [0.05, 0.1) is 6.07 Å². The van der Waals surface area contributed by atoms with E-state index in [1.165, 1.54) is 6.07 Å². The fourth-order valence-corrected chi connectivity index (χ4v) is 0.635. The molecule has 0 aliphatic rings. The first-order valence-corrected chi connectivity index (χ1v) is 2.79. The third-order valence-corrected chi connectivity index (χ3v) is 1.28. The van der Waals surface area contributed by atoms with Gasteiger partial charge in [0, 0.05) is 0 Å². The number of pyridine rings is 1. The summed E-state index contributed by atoms with van der Waals surface area (Å²) in [5.74, 6) is -0.327. The standard InChI is InChI=1S/C6H8N2O2/c1-4-2-6(9)8(10)3-5(4)7/h2-3,9H,7H2,1H3. The van der Waals surface area contributed by atoms with Gasteiger partial charge in [0.1, 0.15) is 5.69 Å². The largest absolute Gasteiger partial charge is 0.616 e. The minimum Gasteiger partial charge on any atom is -0.616 e. The molecular formula is C6H8N2O2. The lowest BCUT2D eigenvalue weighted by atomic mass is 10.2. The molecule has 1 aromatic rings. The van der Waals surface area contributed by atoms with Gasteiger partial charge in [-0.15, -0.1) is 4.73 Å². The van der Waals surface area contributed by atoms with E-state index in [4.69, 9.17) is 10.8 Å². The molecular weight excluding hydrogens is 132 g/mol. The third kappa shape index (κ3) is 0.953. The minimum atomic E-state index is -0.327. The van der Waals surface area contributed by atoms with Crippen molar-refractivity contribution in [1.29, 1.82) is 0 Å². The highest BCUT2D eigenvalue weighted by molar-refractivity contribution is 5.42. The number of aromatic hydroxyl groups is 1. The molecule has 0 saturated heterocycles. The van der Waals surface area contributed by atoms with Gasteiger partial charge in [-0.2, -0.15) is 0 Å². The van der Waals surface area contributed by atoms with Crippen LogP contribution in [0.25, 0.3) is 0 Å². The van der Waals surface area contributed by atoms with Gasteiger partial charge in [0.25, 0.3) is 0 Å². The molecule has 0 amide bonds. The van der Waals surface area contributed by atoms with Gasteiger partial charge in [-0.05, 0) is 12.5 Å². The van der Waals surface area contributed by atoms with Crippen molar-refractivity contribution in [3.05, 3.63) is 23.0 Å². The maximum Gasteiger partial charge on any atom is 0.377 e. The second kappa shape index (κ2) is 2.06. The molecule has 1 aromatic heterocycles. The van der Waals surface area contributed by atoms with Crippen LogP contribution in [0.3, 0.4) is 0 Å². The zero-order chi connectivity index (χ0) is 7.72. The summed E-state index contributed by atoms with van der Waals surface area (Å²) in [5.41, 5.74) is 6.44. The number of nitrogen functional groups attached to an aromatic ring is 1. The predicted octanol–water partition coefficient (Wildman–Crippen LogP) is -0.0838. The molecule has 0 radical (unpaired) electrons. The molecule has 0 aliphatic carbocycles. The summed E-state index contributed by atoms with van der Waals surface area (Å²) >= 11 is 0. The van der Waals surface area contributed by atoms with Gasteiger partial charge in [0.2, 0.25) is 6.20 Å². The maximum absolute atomic E-state index is 10.6. The van der Waals surface area contributed by atoms with Crippen LogP contribution in [-0.2, 0) is 0 Å². The summed E-state index contributed by atoms with van der Waals surface area (Å²) in [6.45, 7) is 1.72. The van der Waals surface area contributed by atoms with Crippen molar-refractivity contribution < 1.29 is 9.84 Å². The third-order valence-electron chi connectivity index (χ3n) is 1.28. The van der Waals surface area contributed by atoms with Gasteiger partial charge in [-0.1, -0.05) is 0 Å². The number of rotatable bonds is 0. The minimum absolute atomic E-state index is 0.322. The van der Waals surface area contributed by atoms with E-state index in [2.05, 4.69) is 0 Å². The predicted molar refractivity (Wildman–Crippen MR) is 36.2 cm³/mol. The molecule has 3 N–H and O–H groups in total. The van der Waals surface area contributed by atoms with E-state index >= 15 is 0 Å². The fourth-order valence-electron chi connectivity index (χ4n) is 0.635. The first-order chi connectivity index (χ1) is 4.61. The molecule has 0 aliphatic heterocycles. The topological polar surface area (TPSA) is 73.2 Å². The van der Waals surface area contributed by atoms with Crippen LogP contribution >= 0.6 is 0 Å². The summed E-state index contributed by atoms with van der Waals surface area (Å²) in [6, 6.07) is 1.32. The van der Waals surface area contributed by atoms with Crippen molar-refractivity contribution in [2.45, 2.75) is 6.92 Å². The van der Waals surface area contributed by atoms with Crippen molar-refractivity contribution in [3.63, 3.8) is 0 Å². The number of aryl methyl sites for hydroxylation is 1. The zero-order valence-corrected chi connectivity index (χ0v) is 5.53. The Morgan fingerprint density at radius 1 is 1.70 bits per heavy atom. The summed E-state index contributed by atoms with van der Waals surface area (Å²) in [4.78, 5) is 0. The lowest BCUT2D eigenvalue weighted by Crippen LogP contribution is -2.26. The Hall–Kier alpha value is -1.45. The summed E-state index contributed by atoms with van der Waals surface area (Å²) in [6.07, 6.45) is 1.13. The van der Waals surface area contributed by atoms with Crippen LogP contribution in [0.2, 0.25) is 0 Å². The lowest BCUT2D eigenvalue weighted by molar-refractivity contribution is -0.612. The van der Waals surface area contributed by atoms with Crippen molar-refractivity contribution >= 4 is 5.69 Å². The van der Waals surface area contributed by atoms with E-state index in [1.807, 2.05) is 0 Å². The van der Waals surface area contributed by atoms with Crippen LogP contribution in [0.5, 0.6) is 5.88 Å². The summed E-state index contributed by atoms with van der Waals surface area (Å²) in [5, 5.41) is 19.4. The molecule has 54 valence electrons. The average molecular weight is 140 g/mol. The molecule has 0 aromatic carbocycles.